The third-order valence-corrected chi connectivity index (χ3v) is 2.86. The molecule has 4 nitrogen and oxygen atoms in total. The number of hydrogen-bond acceptors (Lipinski definition) is 4. The Morgan fingerprint density at radius 1 is 1.28 bits per heavy atom. The fourth-order valence-corrected chi connectivity index (χ4v) is 1.90. The maximum absolute atomic E-state index is 5.73. The van der Waals surface area contributed by atoms with Crippen LogP contribution in [0.15, 0.2) is 36.5 Å². The van der Waals surface area contributed by atoms with Crippen molar-refractivity contribution in [1.82, 2.24) is 9.97 Å². The highest BCUT2D eigenvalue weighted by Crippen LogP contribution is 2.25. The second-order valence-corrected chi connectivity index (χ2v) is 4.34. The summed E-state index contributed by atoms with van der Waals surface area (Å²) in [5.74, 6) is 1.54. The van der Waals surface area contributed by atoms with E-state index in [1.807, 2.05) is 49.2 Å². The predicted molar refractivity (Wildman–Crippen MR) is 77.2 cm³/mol. The lowest BCUT2D eigenvalue weighted by atomic mass is 10.1. The lowest BCUT2D eigenvalue weighted by molar-refractivity contribution is 1.01. The fourth-order valence-electron chi connectivity index (χ4n) is 1.73. The van der Waals surface area contributed by atoms with Crippen molar-refractivity contribution in [1.29, 1.82) is 0 Å². The molecule has 2 rings (SSSR count). The molecule has 1 aromatic carbocycles. The van der Waals surface area contributed by atoms with Gasteiger partial charge >= 0.3 is 0 Å². The van der Waals surface area contributed by atoms with Gasteiger partial charge in [0.2, 0.25) is 0 Å². The molecule has 2 aromatic rings. The van der Waals surface area contributed by atoms with Crippen molar-refractivity contribution < 1.29 is 0 Å². The first kappa shape index (κ1) is 12.4. The lowest BCUT2D eigenvalue weighted by Crippen LogP contribution is -2.18. The zero-order chi connectivity index (χ0) is 13.1. The molecule has 0 radical (unpaired) electrons. The van der Waals surface area contributed by atoms with Crippen LogP contribution in [0.4, 0.5) is 11.5 Å². The number of nitrogens with zero attached hydrogens (tertiary/aromatic N) is 3. The van der Waals surface area contributed by atoms with E-state index in [1.54, 1.807) is 6.20 Å². The average Bonchev–Trinajstić information content (AvgIpc) is 2.38. The number of benzene rings is 1. The number of para-hydroxylation sites is 1. The molecule has 0 amide bonds. The van der Waals surface area contributed by atoms with Crippen LogP contribution in [0.1, 0.15) is 11.4 Å². The Balaban J connectivity index is 2.46. The van der Waals surface area contributed by atoms with Gasteiger partial charge < -0.3 is 10.6 Å². The summed E-state index contributed by atoms with van der Waals surface area (Å²) < 4.78 is 0. The lowest BCUT2D eigenvalue weighted by Gasteiger charge is -2.21. The molecule has 0 atom stereocenters. The number of aryl methyl sites for hydroxylation is 1. The van der Waals surface area contributed by atoms with E-state index < -0.39 is 0 Å². The summed E-state index contributed by atoms with van der Waals surface area (Å²) in [6.45, 7) is 1.86. The number of thiocarbonyl (C=S) groups is 1. The van der Waals surface area contributed by atoms with Crippen LogP contribution in [0.5, 0.6) is 0 Å². The van der Waals surface area contributed by atoms with E-state index in [0.29, 0.717) is 4.99 Å². The van der Waals surface area contributed by atoms with Gasteiger partial charge in [-0.25, -0.2) is 9.97 Å². The predicted octanol–water partition coefficient (Wildman–Crippen LogP) is 2.19. The van der Waals surface area contributed by atoms with Crippen LogP contribution in [-0.4, -0.2) is 22.0 Å². The van der Waals surface area contributed by atoms with Gasteiger partial charge in [-0.15, -0.1) is 0 Å². The number of nitrogens with two attached hydrogens (primary N) is 1. The van der Waals surface area contributed by atoms with Crippen molar-refractivity contribution in [2.24, 2.45) is 5.73 Å². The van der Waals surface area contributed by atoms with Crippen molar-refractivity contribution in [3.05, 3.63) is 47.9 Å². The van der Waals surface area contributed by atoms with E-state index in [9.17, 15) is 0 Å². The molecule has 0 unspecified atom stereocenters. The molecule has 0 spiro atoms. The second-order valence-electron chi connectivity index (χ2n) is 3.90. The molecule has 0 fully saturated rings. The highest BCUT2D eigenvalue weighted by atomic mass is 32.1. The number of anilines is 2. The van der Waals surface area contributed by atoms with Crippen molar-refractivity contribution in [3.8, 4) is 0 Å². The molecular formula is C13H14N4S. The van der Waals surface area contributed by atoms with Gasteiger partial charge in [-0.1, -0.05) is 24.4 Å². The van der Waals surface area contributed by atoms with Gasteiger partial charge in [0, 0.05) is 18.8 Å². The Morgan fingerprint density at radius 3 is 2.67 bits per heavy atom. The Labute approximate surface area is 111 Å². The Hall–Kier alpha value is -2.01. The number of hydrogen-bond donors (Lipinski definition) is 1. The Morgan fingerprint density at radius 2 is 2.00 bits per heavy atom. The van der Waals surface area contributed by atoms with Crippen molar-refractivity contribution in [2.45, 2.75) is 6.92 Å². The van der Waals surface area contributed by atoms with Crippen LogP contribution in [0.25, 0.3) is 0 Å². The third-order valence-electron chi connectivity index (χ3n) is 2.64. The maximum Gasteiger partial charge on any atom is 0.136 e. The third kappa shape index (κ3) is 2.46. The Bertz CT molecular complexity index is 583. The van der Waals surface area contributed by atoms with Crippen molar-refractivity contribution >= 4 is 28.7 Å². The SMILES string of the molecule is Cc1nccc(N(C)c2ccccc2C(N)=S)n1. The minimum Gasteiger partial charge on any atom is -0.389 e. The quantitative estimate of drug-likeness (QED) is 0.855. The monoisotopic (exact) mass is 258 g/mol. The first-order valence-corrected chi connectivity index (χ1v) is 5.92. The van der Waals surface area contributed by atoms with E-state index in [2.05, 4.69) is 9.97 Å². The molecule has 0 aliphatic rings. The summed E-state index contributed by atoms with van der Waals surface area (Å²) in [5, 5.41) is 0. The normalized spacial score (nSPS) is 10.1. The van der Waals surface area contributed by atoms with Gasteiger partial charge in [0.25, 0.3) is 0 Å². The molecule has 92 valence electrons. The summed E-state index contributed by atoms with van der Waals surface area (Å²) in [7, 11) is 1.93. The molecule has 2 N–H and O–H groups in total. The summed E-state index contributed by atoms with van der Waals surface area (Å²) >= 11 is 5.06. The first-order valence-electron chi connectivity index (χ1n) is 5.52. The largest absolute Gasteiger partial charge is 0.389 e. The molecule has 0 saturated heterocycles. The summed E-state index contributed by atoms with van der Waals surface area (Å²) in [6, 6.07) is 9.58. The van der Waals surface area contributed by atoms with E-state index >= 15 is 0 Å². The highest BCUT2D eigenvalue weighted by molar-refractivity contribution is 7.80. The average molecular weight is 258 g/mol. The minimum atomic E-state index is 0.378. The van der Waals surface area contributed by atoms with Gasteiger partial charge in [0.05, 0.1) is 5.69 Å². The maximum atomic E-state index is 5.73. The zero-order valence-corrected chi connectivity index (χ0v) is 11.1. The molecule has 1 aromatic heterocycles. The van der Waals surface area contributed by atoms with Gasteiger partial charge in [-0.2, -0.15) is 0 Å². The van der Waals surface area contributed by atoms with E-state index in [1.165, 1.54) is 0 Å². The van der Waals surface area contributed by atoms with Crippen LogP contribution in [-0.2, 0) is 0 Å². The van der Waals surface area contributed by atoms with Gasteiger partial charge in [0.1, 0.15) is 16.6 Å². The topological polar surface area (TPSA) is 55.0 Å². The van der Waals surface area contributed by atoms with Gasteiger partial charge in [0.15, 0.2) is 0 Å². The van der Waals surface area contributed by atoms with Crippen LogP contribution in [0.3, 0.4) is 0 Å². The van der Waals surface area contributed by atoms with Crippen LogP contribution in [0.2, 0.25) is 0 Å². The molecular weight excluding hydrogens is 244 g/mol. The van der Waals surface area contributed by atoms with Gasteiger partial charge in [-0.3, -0.25) is 0 Å². The summed E-state index contributed by atoms with van der Waals surface area (Å²) in [4.78, 5) is 10.8. The summed E-state index contributed by atoms with van der Waals surface area (Å²) in [5.41, 5.74) is 7.50. The van der Waals surface area contributed by atoms with Crippen LogP contribution in [0, 0.1) is 6.92 Å². The van der Waals surface area contributed by atoms with Gasteiger partial charge in [-0.05, 0) is 25.1 Å². The zero-order valence-electron chi connectivity index (χ0n) is 10.3. The highest BCUT2D eigenvalue weighted by Gasteiger charge is 2.11. The van der Waals surface area contributed by atoms with E-state index in [-0.39, 0.29) is 0 Å². The molecule has 0 bridgehead atoms. The van der Waals surface area contributed by atoms with E-state index in [4.69, 9.17) is 18.0 Å². The Kier molecular flexibility index (Phi) is 3.53. The van der Waals surface area contributed by atoms with Crippen LogP contribution >= 0.6 is 12.2 Å². The minimum absolute atomic E-state index is 0.378. The standard InChI is InChI=1S/C13H14N4S/c1-9-15-8-7-12(16-9)17(2)11-6-4-3-5-10(11)13(14)18/h3-8H,1-2H3,(H2,14,18). The van der Waals surface area contributed by atoms with Crippen molar-refractivity contribution in [2.75, 3.05) is 11.9 Å². The molecule has 18 heavy (non-hydrogen) atoms. The van der Waals surface area contributed by atoms with Crippen LogP contribution < -0.4 is 10.6 Å². The number of aromatic nitrogens is 2. The van der Waals surface area contributed by atoms with Crippen molar-refractivity contribution in [3.63, 3.8) is 0 Å². The molecule has 1 heterocycles. The second kappa shape index (κ2) is 5.10. The number of rotatable bonds is 3. The first-order chi connectivity index (χ1) is 8.59. The smallest absolute Gasteiger partial charge is 0.136 e. The molecule has 0 aliphatic carbocycles. The fraction of sp³-hybridized carbons (Fsp3) is 0.154. The molecule has 0 saturated carbocycles. The van der Waals surface area contributed by atoms with E-state index in [0.717, 1.165) is 22.9 Å². The summed E-state index contributed by atoms with van der Waals surface area (Å²) in [6.07, 6.45) is 1.73. The molecule has 5 heteroatoms. The molecule has 0 aliphatic heterocycles.